The molecule has 0 saturated carbocycles. The summed E-state index contributed by atoms with van der Waals surface area (Å²) in [4.78, 5) is 35.5. The van der Waals surface area contributed by atoms with Crippen molar-refractivity contribution >= 4 is 33.8 Å². The molecule has 0 aromatic heterocycles. The zero-order valence-electron chi connectivity index (χ0n) is 20.3. The summed E-state index contributed by atoms with van der Waals surface area (Å²) in [6.07, 6.45) is 15.7. The third kappa shape index (κ3) is 20.8. The van der Waals surface area contributed by atoms with Gasteiger partial charge in [0.05, 0.1) is 0 Å². The maximum absolute atomic E-state index is 12.0. The number of carbonyl (C=O) groups is 3. The summed E-state index contributed by atoms with van der Waals surface area (Å²) < 4.78 is 15.7. The molecule has 0 rings (SSSR count). The third-order valence-corrected chi connectivity index (χ3v) is 5.69. The molecular formula is C25H45BrO6. The first-order chi connectivity index (χ1) is 15.5. The van der Waals surface area contributed by atoms with Gasteiger partial charge in [0, 0.05) is 12.8 Å². The Hall–Kier alpha value is -1.11. The van der Waals surface area contributed by atoms with Gasteiger partial charge in [0.25, 0.3) is 0 Å². The Morgan fingerprint density at radius 3 is 1.34 bits per heavy atom. The highest BCUT2D eigenvalue weighted by atomic mass is 79.9. The standard InChI is InChI=1S/C25H45BrO6/c1-3-5-7-9-11-13-15-17-23(27)30-20-22(32-25(29)19-26)21-31-24(28)18-16-14-12-10-8-6-4-2/h22H,3-21H2,1-2H3. The largest absolute Gasteiger partial charge is 0.462 e. The number of unbranched alkanes of at least 4 members (excludes halogenated alkanes) is 12. The molecule has 0 bridgehead atoms. The van der Waals surface area contributed by atoms with Crippen LogP contribution < -0.4 is 0 Å². The molecule has 0 saturated heterocycles. The fraction of sp³-hybridized carbons (Fsp3) is 0.880. The second kappa shape index (κ2) is 23.1. The molecule has 0 amide bonds. The molecule has 32 heavy (non-hydrogen) atoms. The van der Waals surface area contributed by atoms with Crippen LogP contribution in [0.2, 0.25) is 0 Å². The minimum absolute atomic E-state index is 0.0292. The predicted molar refractivity (Wildman–Crippen MR) is 131 cm³/mol. The zero-order valence-corrected chi connectivity index (χ0v) is 21.9. The number of hydrogen-bond acceptors (Lipinski definition) is 6. The first-order valence-corrected chi connectivity index (χ1v) is 13.7. The van der Waals surface area contributed by atoms with Gasteiger partial charge < -0.3 is 14.2 Å². The average molecular weight is 522 g/mol. The first-order valence-electron chi connectivity index (χ1n) is 12.6. The second-order valence-electron chi connectivity index (χ2n) is 8.35. The number of esters is 3. The van der Waals surface area contributed by atoms with Crippen molar-refractivity contribution in [3.8, 4) is 0 Å². The molecule has 0 fully saturated rings. The van der Waals surface area contributed by atoms with Gasteiger partial charge in [-0.25, -0.2) is 0 Å². The van der Waals surface area contributed by atoms with Gasteiger partial charge in [-0.05, 0) is 12.8 Å². The molecule has 0 atom stereocenters. The van der Waals surface area contributed by atoms with Crippen LogP contribution in [0.4, 0.5) is 0 Å². The Kier molecular flexibility index (Phi) is 22.3. The van der Waals surface area contributed by atoms with Crippen molar-refractivity contribution in [2.75, 3.05) is 18.5 Å². The number of hydrogen-bond donors (Lipinski definition) is 0. The maximum atomic E-state index is 12.0. The lowest BCUT2D eigenvalue weighted by Crippen LogP contribution is -2.31. The average Bonchev–Trinajstić information content (AvgIpc) is 2.79. The molecule has 0 aromatic rings. The minimum Gasteiger partial charge on any atom is -0.462 e. The molecule has 0 aliphatic carbocycles. The lowest BCUT2D eigenvalue weighted by atomic mass is 10.1. The zero-order chi connectivity index (χ0) is 23.9. The van der Waals surface area contributed by atoms with E-state index in [2.05, 4.69) is 29.8 Å². The van der Waals surface area contributed by atoms with Crippen molar-refractivity contribution in [1.82, 2.24) is 0 Å². The van der Waals surface area contributed by atoms with E-state index in [0.717, 1.165) is 38.5 Å². The Labute approximate surface area is 203 Å². The van der Waals surface area contributed by atoms with E-state index >= 15 is 0 Å². The van der Waals surface area contributed by atoms with E-state index < -0.39 is 12.1 Å². The van der Waals surface area contributed by atoms with Gasteiger partial charge in [-0.2, -0.15) is 0 Å². The summed E-state index contributed by atoms with van der Waals surface area (Å²) in [5.74, 6) is -1.11. The van der Waals surface area contributed by atoms with Crippen LogP contribution >= 0.6 is 15.9 Å². The number of carbonyl (C=O) groups excluding carboxylic acids is 3. The molecule has 0 unspecified atom stereocenters. The Balaban J connectivity index is 4.04. The van der Waals surface area contributed by atoms with E-state index in [4.69, 9.17) is 14.2 Å². The highest BCUT2D eigenvalue weighted by Gasteiger charge is 2.19. The highest BCUT2D eigenvalue weighted by molar-refractivity contribution is 9.09. The van der Waals surface area contributed by atoms with Gasteiger partial charge in [-0.15, -0.1) is 0 Å². The van der Waals surface area contributed by atoms with Crippen LogP contribution in [-0.4, -0.2) is 42.6 Å². The van der Waals surface area contributed by atoms with E-state index in [1.165, 1.54) is 51.4 Å². The predicted octanol–water partition coefficient (Wildman–Crippen LogP) is 6.66. The third-order valence-electron chi connectivity index (χ3n) is 5.24. The molecule has 0 spiro atoms. The van der Waals surface area contributed by atoms with Crippen molar-refractivity contribution in [2.24, 2.45) is 0 Å². The Morgan fingerprint density at radius 2 is 0.969 bits per heavy atom. The molecule has 0 N–H and O–H groups in total. The van der Waals surface area contributed by atoms with Crippen molar-refractivity contribution in [1.29, 1.82) is 0 Å². The fourth-order valence-corrected chi connectivity index (χ4v) is 3.43. The van der Waals surface area contributed by atoms with Crippen molar-refractivity contribution in [3.05, 3.63) is 0 Å². The fourth-order valence-electron chi connectivity index (χ4n) is 3.30. The highest BCUT2D eigenvalue weighted by Crippen LogP contribution is 2.11. The SMILES string of the molecule is CCCCCCCCCC(=O)OCC(COC(=O)CCCCCCCCC)OC(=O)CBr. The van der Waals surface area contributed by atoms with E-state index in [-0.39, 0.29) is 30.5 Å². The molecule has 0 aliphatic rings. The normalized spacial score (nSPS) is 10.9. The molecule has 6 nitrogen and oxygen atoms in total. The number of halogens is 1. The lowest BCUT2D eigenvalue weighted by Gasteiger charge is -2.17. The van der Waals surface area contributed by atoms with E-state index in [1.807, 2.05) is 0 Å². The molecule has 0 heterocycles. The topological polar surface area (TPSA) is 78.9 Å². The van der Waals surface area contributed by atoms with Gasteiger partial charge in [-0.3, -0.25) is 14.4 Å². The van der Waals surface area contributed by atoms with E-state index in [0.29, 0.717) is 12.8 Å². The number of alkyl halides is 1. The lowest BCUT2D eigenvalue weighted by molar-refractivity contribution is -0.165. The molecule has 0 aromatic carbocycles. The van der Waals surface area contributed by atoms with Gasteiger partial charge in [0.2, 0.25) is 0 Å². The molecule has 0 radical (unpaired) electrons. The van der Waals surface area contributed by atoms with Crippen LogP contribution in [-0.2, 0) is 28.6 Å². The molecule has 7 heteroatoms. The smallest absolute Gasteiger partial charge is 0.317 e. The van der Waals surface area contributed by atoms with E-state index in [1.54, 1.807) is 0 Å². The minimum atomic E-state index is -0.781. The van der Waals surface area contributed by atoms with Crippen molar-refractivity contribution < 1.29 is 28.6 Å². The van der Waals surface area contributed by atoms with Crippen LogP contribution in [0.15, 0.2) is 0 Å². The summed E-state index contributed by atoms with van der Waals surface area (Å²) in [6.45, 7) is 4.18. The summed E-state index contributed by atoms with van der Waals surface area (Å²) >= 11 is 3.04. The van der Waals surface area contributed by atoms with Gasteiger partial charge in [0.15, 0.2) is 6.10 Å². The number of ether oxygens (including phenoxy) is 3. The van der Waals surface area contributed by atoms with Crippen LogP contribution in [0.5, 0.6) is 0 Å². The van der Waals surface area contributed by atoms with Crippen LogP contribution in [0.1, 0.15) is 117 Å². The van der Waals surface area contributed by atoms with Crippen LogP contribution in [0, 0.1) is 0 Å². The van der Waals surface area contributed by atoms with Crippen molar-refractivity contribution in [2.45, 2.75) is 123 Å². The van der Waals surface area contributed by atoms with Gasteiger partial charge >= 0.3 is 17.9 Å². The molecule has 0 aliphatic heterocycles. The van der Waals surface area contributed by atoms with E-state index in [9.17, 15) is 14.4 Å². The number of rotatable bonds is 22. The Morgan fingerprint density at radius 1 is 0.594 bits per heavy atom. The maximum Gasteiger partial charge on any atom is 0.317 e. The summed E-state index contributed by atoms with van der Waals surface area (Å²) in [5, 5.41) is 0.0292. The van der Waals surface area contributed by atoms with Crippen LogP contribution in [0.3, 0.4) is 0 Å². The summed E-state index contributed by atoms with van der Waals surface area (Å²) in [5.41, 5.74) is 0. The summed E-state index contributed by atoms with van der Waals surface area (Å²) in [7, 11) is 0. The van der Waals surface area contributed by atoms with Crippen molar-refractivity contribution in [3.63, 3.8) is 0 Å². The van der Waals surface area contributed by atoms with Gasteiger partial charge in [-0.1, -0.05) is 107 Å². The first kappa shape index (κ1) is 30.9. The second-order valence-corrected chi connectivity index (χ2v) is 8.91. The molecular weight excluding hydrogens is 476 g/mol. The quantitative estimate of drug-likeness (QED) is 0.0686. The molecule has 188 valence electrons. The Bertz CT molecular complexity index is 449. The van der Waals surface area contributed by atoms with Crippen LogP contribution in [0.25, 0.3) is 0 Å². The monoisotopic (exact) mass is 520 g/mol. The van der Waals surface area contributed by atoms with Gasteiger partial charge in [0.1, 0.15) is 18.5 Å². The summed E-state index contributed by atoms with van der Waals surface area (Å²) in [6, 6.07) is 0.